The van der Waals surface area contributed by atoms with E-state index in [9.17, 15) is 0 Å². The third kappa shape index (κ3) is 5.05. The van der Waals surface area contributed by atoms with Crippen LogP contribution in [-0.2, 0) is 12.8 Å². The molecule has 0 amide bonds. The zero-order chi connectivity index (χ0) is 14.0. The van der Waals surface area contributed by atoms with E-state index in [-0.39, 0.29) is 0 Å². The molecule has 2 aromatic rings. The summed E-state index contributed by atoms with van der Waals surface area (Å²) in [4.78, 5) is 7.28. The molecule has 0 aliphatic carbocycles. The van der Waals surface area contributed by atoms with Gasteiger partial charge in [0.2, 0.25) is 0 Å². The summed E-state index contributed by atoms with van der Waals surface area (Å²) < 4.78 is 5.72. The Morgan fingerprint density at radius 1 is 1.05 bits per heavy atom. The van der Waals surface area contributed by atoms with Gasteiger partial charge in [0, 0.05) is 18.8 Å². The first kappa shape index (κ1) is 14.6. The number of rotatable bonds is 9. The van der Waals surface area contributed by atoms with Gasteiger partial charge in [0.1, 0.15) is 11.6 Å². The van der Waals surface area contributed by atoms with E-state index < -0.39 is 0 Å². The largest absolute Gasteiger partial charge is 0.494 e. The summed E-state index contributed by atoms with van der Waals surface area (Å²) >= 11 is 0. The van der Waals surface area contributed by atoms with Gasteiger partial charge in [0.15, 0.2) is 0 Å². The number of imidazole rings is 1. The highest BCUT2D eigenvalue weighted by Crippen LogP contribution is 2.14. The van der Waals surface area contributed by atoms with Crippen LogP contribution in [0.3, 0.4) is 0 Å². The van der Waals surface area contributed by atoms with E-state index in [0.29, 0.717) is 6.61 Å². The molecule has 0 saturated heterocycles. The standard InChI is InChI=1S/C16H23N3O/c17-10-2-1-4-14-6-8-15(9-7-14)20-13-3-5-16-18-11-12-19-16/h6-9,11-12H,1-5,10,13,17H2,(H,18,19). The third-order valence-corrected chi connectivity index (χ3v) is 3.22. The zero-order valence-corrected chi connectivity index (χ0v) is 11.8. The maximum atomic E-state index is 5.72. The lowest BCUT2D eigenvalue weighted by molar-refractivity contribution is 0.310. The highest BCUT2D eigenvalue weighted by atomic mass is 16.5. The molecule has 0 aliphatic rings. The number of benzene rings is 1. The minimum absolute atomic E-state index is 0.715. The molecule has 1 aromatic heterocycles. The van der Waals surface area contributed by atoms with E-state index in [1.165, 1.54) is 5.56 Å². The molecule has 1 aromatic carbocycles. The number of aromatic amines is 1. The molecule has 0 atom stereocenters. The average molecular weight is 273 g/mol. The Labute approximate surface area is 120 Å². The second kappa shape index (κ2) is 8.38. The molecule has 0 aliphatic heterocycles. The van der Waals surface area contributed by atoms with Crippen molar-refractivity contribution in [3.05, 3.63) is 48.0 Å². The van der Waals surface area contributed by atoms with Crippen LogP contribution < -0.4 is 10.5 Å². The number of hydrogen-bond donors (Lipinski definition) is 2. The maximum absolute atomic E-state index is 5.72. The average Bonchev–Trinajstić information content (AvgIpc) is 2.99. The molecule has 0 spiro atoms. The summed E-state index contributed by atoms with van der Waals surface area (Å²) in [5, 5.41) is 0. The summed E-state index contributed by atoms with van der Waals surface area (Å²) in [6, 6.07) is 8.37. The summed E-state index contributed by atoms with van der Waals surface area (Å²) in [5.74, 6) is 1.95. The Kier molecular flexibility index (Phi) is 6.11. The molecule has 0 bridgehead atoms. The second-order valence-electron chi connectivity index (χ2n) is 4.88. The molecular weight excluding hydrogens is 250 g/mol. The number of unbranched alkanes of at least 4 members (excludes halogenated alkanes) is 1. The van der Waals surface area contributed by atoms with Crippen molar-refractivity contribution in [1.82, 2.24) is 9.97 Å². The minimum atomic E-state index is 0.715. The van der Waals surface area contributed by atoms with Gasteiger partial charge in [0.25, 0.3) is 0 Å². The number of nitrogens with two attached hydrogens (primary N) is 1. The van der Waals surface area contributed by atoms with Crippen molar-refractivity contribution in [1.29, 1.82) is 0 Å². The molecule has 0 unspecified atom stereocenters. The molecule has 3 N–H and O–H groups in total. The van der Waals surface area contributed by atoms with Gasteiger partial charge in [-0.15, -0.1) is 0 Å². The van der Waals surface area contributed by atoms with E-state index in [2.05, 4.69) is 22.1 Å². The van der Waals surface area contributed by atoms with Crippen molar-refractivity contribution in [2.75, 3.05) is 13.2 Å². The highest BCUT2D eigenvalue weighted by molar-refractivity contribution is 5.27. The lowest BCUT2D eigenvalue weighted by Crippen LogP contribution is -2.01. The lowest BCUT2D eigenvalue weighted by atomic mass is 10.1. The predicted octanol–water partition coefficient (Wildman–Crippen LogP) is 2.70. The molecule has 0 fully saturated rings. The summed E-state index contributed by atoms with van der Waals surface area (Å²) in [6.07, 6.45) is 8.84. The van der Waals surface area contributed by atoms with E-state index in [1.807, 2.05) is 18.3 Å². The summed E-state index contributed by atoms with van der Waals surface area (Å²) in [7, 11) is 0. The van der Waals surface area contributed by atoms with E-state index >= 15 is 0 Å². The molecule has 0 radical (unpaired) electrons. The van der Waals surface area contributed by atoms with Crippen LogP contribution in [0, 0.1) is 0 Å². The Bertz CT molecular complexity index is 465. The first-order valence-corrected chi connectivity index (χ1v) is 7.28. The maximum Gasteiger partial charge on any atom is 0.119 e. The van der Waals surface area contributed by atoms with Gasteiger partial charge >= 0.3 is 0 Å². The van der Waals surface area contributed by atoms with Crippen molar-refractivity contribution in [3.8, 4) is 5.75 Å². The second-order valence-corrected chi connectivity index (χ2v) is 4.88. The third-order valence-electron chi connectivity index (χ3n) is 3.22. The van der Waals surface area contributed by atoms with Crippen LogP contribution in [-0.4, -0.2) is 23.1 Å². The van der Waals surface area contributed by atoms with Crippen LogP contribution in [0.4, 0.5) is 0 Å². The number of aromatic nitrogens is 2. The molecule has 1 heterocycles. The SMILES string of the molecule is NCCCCc1ccc(OCCCc2ncc[nH]2)cc1. The van der Waals surface area contributed by atoms with Crippen LogP contribution >= 0.6 is 0 Å². The normalized spacial score (nSPS) is 10.7. The number of ether oxygens (including phenoxy) is 1. The quantitative estimate of drug-likeness (QED) is 0.690. The first-order chi connectivity index (χ1) is 9.88. The van der Waals surface area contributed by atoms with Gasteiger partial charge in [-0.1, -0.05) is 12.1 Å². The fourth-order valence-electron chi connectivity index (χ4n) is 2.09. The molecule has 4 heteroatoms. The van der Waals surface area contributed by atoms with Crippen LogP contribution in [0.2, 0.25) is 0 Å². The Morgan fingerprint density at radius 3 is 2.60 bits per heavy atom. The minimum Gasteiger partial charge on any atom is -0.494 e. The number of aryl methyl sites for hydroxylation is 2. The topological polar surface area (TPSA) is 63.9 Å². The smallest absolute Gasteiger partial charge is 0.119 e. The molecular formula is C16H23N3O. The molecule has 0 saturated carbocycles. The Morgan fingerprint density at radius 2 is 1.90 bits per heavy atom. The molecule has 20 heavy (non-hydrogen) atoms. The molecule has 108 valence electrons. The lowest BCUT2D eigenvalue weighted by Gasteiger charge is -2.07. The van der Waals surface area contributed by atoms with Crippen molar-refractivity contribution in [2.24, 2.45) is 5.73 Å². The van der Waals surface area contributed by atoms with Gasteiger partial charge in [0.05, 0.1) is 6.61 Å². The number of H-pyrrole nitrogens is 1. The fraction of sp³-hybridized carbons (Fsp3) is 0.438. The molecule has 4 nitrogen and oxygen atoms in total. The van der Waals surface area contributed by atoms with Crippen molar-refractivity contribution >= 4 is 0 Å². The Balaban J connectivity index is 1.65. The van der Waals surface area contributed by atoms with Crippen molar-refractivity contribution in [3.63, 3.8) is 0 Å². The number of nitrogens with one attached hydrogen (secondary N) is 1. The molecule has 2 rings (SSSR count). The predicted molar refractivity (Wildman–Crippen MR) is 80.8 cm³/mol. The van der Waals surface area contributed by atoms with Gasteiger partial charge in [-0.3, -0.25) is 0 Å². The Hall–Kier alpha value is -1.81. The van der Waals surface area contributed by atoms with Crippen molar-refractivity contribution < 1.29 is 4.74 Å². The number of nitrogens with zero attached hydrogens (tertiary/aromatic N) is 1. The van der Waals surface area contributed by atoms with E-state index in [0.717, 1.165) is 50.2 Å². The van der Waals surface area contributed by atoms with Gasteiger partial charge in [-0.2, -0.15) is 0 Å². The first-order valence-electron chi connectivity index (χ1n) is 7.28. The summed E-state index contributed by atoms with van der Waals surface area (Å²) in [5.41, 5.74) is 6.84. The van der Waals surface area contributed by atoms with E-state index in [4.69, 9.17) is 10.5 Å². The van der Waals surface area contributed by atoms with Crippen LogP contribution in [0.15, 0.2) is 36.7 Å². The van der Waals surface area contributed by atoms with Crippen LogP contribution in [0.1, 0.15) is 30.7 Å². The van der Waals surface area contributed by atoms with Gasteiger partial charge < -0.3 is 15.5 Å². The van der Waals surface area contributed by atoms with Gasteiger partial charge in [-0.05, 0) is 49.9 Å². The zero-order valence-electron chi connectivity index (χ0n) is 11.8. The van der Waals surface area contributed by atoms with Crippen LogP contribution in [0.25, 0.3) is 0 Å². The fourth-order valence-corrected chi connectivity index (χ4v) is 2.09. The summed E-state index contributed by atoms with van der Waals surface area (Å²) in [6.45, 7) is 1.49. The monoisotopic (exact) mass is 273 g/mol. The highest BCUT2D eigenvalue weighted by Gasteiger charge is 1.98. The van der Waals surface area contributed by atoms with Crippen molar-refractivity contribution in [2.45, 2.75) is 32.1 Å². The van der Waals surface area contributed by atoms with E-state index in [1.54, 1.807) is 6.20 Å². The van der Waals surface area contributed by atoms with Crippen LogP contribution in [0.5, 0.6) is 5.75 Å². The number of hydrogen-bond acceptors (Lipinski definition) is 3. The van der Waals surface area contributed by atoms with Gasteiger partial charge in [-0.25, -0.2) is 4.98 Å².